The molecule has 0 aromatic heterocycles. The monoisotopic (exact) mass is 369 g/mol. The van der Waals surface area contributed by atoms with Crippen molar-refractivity contribution in [3.8, 4) is 5.75 Å². The Morgan fingerprint density at radius 1 is 1.07 bits per heavy atom. The number of ether oxygens (including phenoxy) is 2. The van der Waals surface area contributed by atoms with E-state index in [1.165, 1.54) is 0 Å². The maximum Gasteiger partial charge on any atom is 0.338 e. The number of amides is 1. The summed E-state index contributed by atoms with van der Waals surface area (Å²) >= 11 is 0. The van der Waals surface area contributed by atoms with Crippen molar-refractivity contribution in [2.75, 3.05) is 11.9 Å². The standard InChI is InChI=1S/C22H27NO4/c1-7-26-22(25)18-9-8-10-19(16(18)5)23-21(24)17(6)27-20-12-13(2)11-14(3)15(20)4/h8-12,17H,7H2,1-6H3,(H,23,24)/t17-/m0/s1. The molecule has 1 amide bonds. The molecule has 0 bridgehead atoms. The summed E-state index contributed by atoms with van der Waals surface area (Å²) in [6.45, 7) is 11.5. The van der Waals surface area contributed by atoms with E-state index >= 15 is 0 Å². The van der Waals surface area contributed by atoms with Crippen LogP contribution in [0.25, 0.3) is 0 Å². The highest BCUT2D eigenvalue weighted by Crippen LogP contribution is 2.25. The van der Waals surface area contributed by atoms with Crippen molar-refractivity contribution in [1.82, 2.24) is 0 Å². The molecule has 2 rings (SSSR count). The van der Waals surface area contributed by atoms with E-state index in [0.717, 1.165) is 16.7 Å². The summed E-state index contributed by atoms with van der Waals surface area (Å²) in [4.78, 5) is 24.6. The Hall–Kier alpha value is -2.82. The zero-order valence-electron chi connectivity index (χ0n) is 16.8. The number of hydrogen-bond acceptors (Lipinski definition) is 4. The van der Waals surface area contributed by atoms with Crippen LogP contribution in [0.1, 0.15) is 46.5 Å². The molecule has 0 saturated carbocycles. The lowest BCUT2D eigenvalue weighted by Gasteiger charge is -2.19. The van der Waals surface area contributed by atoms with Gasteiger partial charge in [-0.25, -0.2) is 4.79 Å². The van der Waals surface area contributed by atoms with Gasteiger partial charge in [0.15, 0.2) is 6.10 Å². The third-order valence-corrected chi connectivity index (χ3v) is 4.52. The van der Waals surface area contributed by atoms with Crippen LogP contribution in [-0.4, -0.2) is 24.6 Å². The van der Waals surface area contributed by atoms with Gasteiger partial charge in [-0.2, -0.15) is 0 Å². The van der Waals surface area contributed by atoms with Gasteiger partial charge in [0, 0.05) is 5.69 Å². The van der Waals surface area contributed by atoms with E-state index in [-0.39, 0.29) is 5.91 Å². The predicted molar refractivity (Wildman–Crippen MR) is 107 cm³/mol. The fourth-order valence-corrected chi connectivity index (χ4v) is 2.80. The fraction of sp³-hybridized carbons (Fsp3) is 0.364. The van der Waals surface area contributed by atoms with E-state index in [0.29, 0.717) is 29.2 Å². The van der Waals surface area contributed by atoms with Crippen molar-refractivity contribution in [2.24, 2.45) is 0 Å². The van der Waals surface area contributed by atoms with Crippen molar-refractivity contribution >= 4 is 17.6 Å². The van der Waals surface area contributed by atoms with Crippen LogP contribution in [0.3, 0.4) is 0 Å². The quantitative estimate of drug-likeness (QED) is 0.761. The molecule has 0 aliphatic rings. The molecule has 2 aromatic carbocycles. The predicted octanol–water partition coefficient (Wildman–Crippen LogP) is 4.50. The molecule has 1 N–H and O–H groups in total. The summed E-state index contributed by atoms with van der Waals surface area (Å²) in [5.41, 5.74) is 4.89. The molecule has 5 heteroatoms. The molecule has 0 aliphatic heterocycles. The zero-order valence-corrected chi connectivity index (χ0v) is 16.8. The van der Waals surface area contributed by atoms with Gasteiger partial charge >= 0.3 is 5.97 Å². The maximum atomic E-state index is 12.6. The molecule has 0 saturated heterocycles. The molecule has 0 spiro atoms. The van der Waals surface area contributed by atoms with Gasteiger partial charge in [-0.3, -0.25) is 4.79 Å². The minimum absolute atomic E-state index is 0.280. The summed E-state index contributed by atoms with van der Waals surface area (Å²) in [5, 5.41) is 2.84. The summed E-state index contributed by atoms with van der Waals surface area (Å²) in [7, 11) is 0. The SMILES string of the molecule is CCOC(=O)c1cccc(NC(=O)[C@H](C)Oc2cc(C)cc(C)c2C)c1C. The average Bonchev–Trinajstić information content (AvgIpc) is 2.61. The van der Waals surface area contributed by atoms with Crippen molar-refractivity contribution in [1.29, 1.82) is 0 Å². The number of carbonyl (C=O) groups excluding carboxylic acids is 2. The topological polar surface area (TPSA) is 64.6 Å². The molecule has 2 aromatic rings. The van der Waals surface area contributed by atoms with E-state index in [1.807, 2.05) is 26.8 Å². The Balaban J connectivity index is 2.15. The molecule has 5 nitrogen and oxygen atoms in total. The maximum absolute atomic E-state index is 12.6. The average molecular weight is 369 g/mol. The van der Waals surface area contributed by atoms with Crippen molar-refractivity contribution in [3.63, 3.8) is 0 Å². The lowest BCUT2D eigenvalue weighted by atomic mass is 10.1. The van der Waals surface area contributed by atoms with Gasteiger partial charge in [0.2, 0.25) is 0 Å². The molecular weight excluding hydrogens is 342 g/mol. The number of esters is 1. The number of anilines is 1. The normalized spacial score (nSPS) is 11.6. The van der Waals surface area contributed by atoms with E-state index in [4.69, 9.17) is 9.47 Å². The van der Waals surface area contributed by atoms with Crippen LogP contribution < -0.4 is 10.1 Å². The summed E-state index contributed by atoms with van der Waals surface area (Å²) in [6, 6.07) is 9.16. The Morgan fingerprint density at radius 2 is 1.78 bits per heavy atom. The first-order valence-electron chi connectivity index (χ1n) is 9.06. The highest BCUT2D eigenvalue weighted by atomic mass is 16.5. The number of aryl methyl sites for hydroxylation is 2. The first kappa shape index (κ1) is 20.5. The lowest BCUT2D eigenvalue weighted by Crippen LogP contribution is -2.30. The van der Waals surface area contributed by atoms with Gasteiger partial charge in [-0.15, -0.1) is 0 Å². The van der Waals surface area contributed by atoms with Crippen LogP contribution in [0.2, 0.25) is 0 Å². The summed E-state index contributed by atoms with van der Waals surface area (Å²) < 4.78 is 10.9. The van der Waals surface area contributed by atoms with Gasteiger partial charge in [0.05, 0.1) is 12.2 Å². The molecule has 0 radical (unpaired) electrons. The summed E-state index contributed by atoms with van der Waals surface area (Å²) in [5.74, 6) is 0.0195. The molecule has 144 valence electrons. The van der Waals surface area contributed by atoms with Crippen LogP contribution in [-0.2, 0) is 9.53 Å². The molecular formula is C22H27NO4. The Morgan fingerprint density at radius 3 is 2.44 bits per heavy atom. The van der Waals surface area contributed by atoms with Gasteiger partial charge in [-0.05, 0) is 82.0 Å². The van der Waals surface area contributed by atoms with Gasteiger partial charge in [-0.1, -0.05) is 12.1 Å². The minimum Gasteiger partial charge on any atom is -0.481 e. The molecule has 0 fully saturated rings. The van der Waals surface area contributed by atoms with Crippen LogP contribution >= 0.6 is 0 Å². The smallest absolute Gasteiger partial charge is 0.338 e. The first-order valence-corrected chi connectivity index (χ1v) is 9.06. The van der Waals surface area contributed by atoms with E-state index in [1.54, 1.807) is 39.0 Å². The number of carbonyl (C=O) groups is 2. The third-order valence-electron chi connectivity index (χ3n) is 4.52. The second-order valence-corrected chi connectivity index (χ2v) is 6.65. The van der Waals surface area contributed by atoms with Gasteiger partial charge in [0.1, 0.15) is 5.75 Å². The highest BCUT2D eigenvalue weighted by Gasteiger charge is 2.19. The van der Waals surface area contributed by atoms with Gasteiger partial charge < -0.3 is 14.8 Å². The van der Waals surface area contributed by atoms with Crippen LogP contribution in [0.5, 0.6) is 5.75 Å². The Labute approximate surface area is 160 Å². The lowest BCUT2D eigenvalue weighted by molar-refractivity contribution is -0.122. The van der Waals surface area contributed by atoms with Crippen molar-refractivity contribution < 1.29 is 19.1 Å². The van der Waals surface area contributed by atoms with Crippen molar-refractivity contribution in [3.05, 3.63) is 58.1 Å². The Bertz CT molecular complexity index is 858. The van der Waals surface area contributed by atoms with Gasteiger partial charge in [0.25, 0.3) is 5.91 Å². The van der Waals surface area contributed by atoms with Crippen molar-refractivity contribution in [2.45, 2.75) is 47.6 Å². The summed E-state index contributed by atoms with van der Waals surface area (Å²) in [6.07, 6.45) is -0.685. The largest absolute Gasteiger partial charge is 0.481 e. The third kappa shape index (κ3) is 4.88. The Kier molecular flexibility index (Phi) is 6.61. The number of rotatable bonds is 6. The van der Waals surface area contributed by atoms with Crippen LogP contribution in [0, 0.1) is 27.7 Å². The molecule has 0 aliphatic carbocycles. The molecule has 27 heavy (non-hydrogen) atoms. The molecule has 1 atom stereocenters. The van der Waals surface area contributed by atoms with Crippen LogP contribution in [0.4, 0.5) is 5.69 Å². The second-order valence-electron chi connectivity index (χ2n) is 6.65. The molecule has 0 heterocycles. The fourth-order valence-electron chi connectivity index (χ4n) is 2.80. The zero-order chi connectivity index (χ0) is 20.1. The number of hydrogen-bond donors (Lipinski definition) is 1. The first-order chi connectivity index (χ1) is 12.7. The number of benzene rings is 2. The highest BCUT2D eigenvalue weighted by molar-refractivity contribution is 5.98. The number of nitrogens with one attached hydrogen (secondary N) is 1. The van der Waals surface area contributed by atoms with Crippen LogP contribution in [0.15, 0.2) is 30.3 Å². The van der Waals surface area contributed by atoms with E-state index in [9.17, 15) is 9.59 Å². The van der Waals surface area contributed by atoms with E-state index < -0.39 is 12.1 Å². The second kappa shape index (κ2) is 8.71. The van der Waals surface area contributed by atoms with E-state index in [2.05, 4.69) is 11.4 Å². The molecule has 0 unspecified atom stereocenters. The minimum atomic E-state index is -0.685.